The van der Waals surface area contributed by atoms with Gasteiger partial charge in [0.2, 0.25) is 0 Å². The summed E-state index contributed by atoms with van der Waals surface area (Å²) in [6.07, 6.45) is 4.34. The minimum Gasteiger partial charge on any atom is -0.508 e. The first-order valence-electron chi connectivity index (χ1n) is 11.1. The Morgan fingerprint density at radius 2 is 1.97 bits per heavy atom. The SMILES string of the molecule is Cc1ccc(O)cc1[C@]12CCN(CC3CC3)[C@H](C)[C@]1(O)CC[C@@]1(C2)NC(=O)NC1=O. The van der Waals surface area contributed by atoms with E-state index in [1.807, 2.05) is 13.0 Å². The highest BCUT2D eigenvalue weighted by molar-refractivity contribution is 6.07. The zero-order chi connectivity index (χ0) is 21.3. The van der Waals surface area contributed by atoms with Crippen LogP contribution in [0.15, 0.2) is 18.2 Å². The number of imide groups is 1. The van der Waals surface area contributed by atoms with Crippen LogP contribution in [0.2, 0.25) is 0 Å². The number of piperidine rings is 1. The molecule has 30 heavy (non-hydrogen) atoms. The molecular weight excluding hydrogens is 382 g/mol. The Labute approximate surface area is 176 Å². The van der Waals surface area contributed by atoms with Crippen LogP contribution in [0, 0.1) is 12.8 Å². The molecule has 5 rings (SSSR count). The minimum absolute atomic E-state index is 0.0777. The molecule has 2 aliphatic carbocycles. The largest absolute Gasteiger partial charge is 0.508 e. The Morgan fingerprint density at radius 1 is 1.20 bits per heavy atom. The second kappa shape index (κ2) is 6.44. The van der Waals surface area contributed by atoms with Gasteiger partial charge in [0, 0.05) is 18.0 Å². The van der Waals surface area contributed by atoms with Crippen LogP contribution in [0.3, 0.4) is 0 Å². The zero-order valence-electron chi connectivity index (χ0n) is 17.7. The monoisotopic (exact) mass is 413 g/mol. The number of fused-ring (bicyclic) bond motifs is 1. The number of nitrogens with one attached hydrogen (secondary N) is 2. The Morgan fingerprint density at radius 3 is 2.63 bits per heavy atom. The molecule has 1 aromatic carbocycles. The lowest BCUT2D eigenvalue weighted by Gasteiger charge is -2.62. The van der Waals surface area contributed by atoms with Crippen LogP contribution in [-0.2, 0) is 10.2 Å². The number of amides is 3. The molecule has 2 heterocycles. The van der Waals surface area contributed by atoms with Gasteiger partial charge in [-0.2, -0.15) is 0 Å². The van der Waals surface area contributed by atoms with Gasteiger partial charge in [-0.15, -0.1) is 0 Å². The summed E-state index contributed by atoms with van der Waals surface area (Å²) in [7, 11) is 0. The molecule has 0 radical (unpaired) electrons. The summed E-state index contributed by atoms with van der Waals surface area (Å²) in [5.74, 6) is 0.570. The number of urea groups is 1. The molecule has 3 amide bonds. The van der Waals surface area contributed by atoms with Gasteiger partial charge in [0.05, 0.1) is 5.60 Å². The van der Waals surface area contributed by atoms with Gasteiger partial charge in [-0.1, -0.05) is 6.07 Å². The van der Waals surface area contributed by atoms with Gasteiger partial charge in [-0.05, 0) is 88.1 Å². The number of likely N-dealkylation sites (tertiary alicyclic amines) is 1. The molecule has 7 nitrogen and oxygen atoms in total. The number of rotatable bonds is 3. The van der Waals surface area contributed by atoms with E-state index in [0.29, 0.717) is 25.7 Å². The fourth-order valence-corrected chi connectivity index (χ4v) is 6.44. The first kappa shape index (κ1) is 19.8. The summed E-state index contributed by atoms with van der Waals surface area (Å²) >= 11 is 0. The van der Waals surface area contributed by atoms with Gasteiger partial charge >= 0.3 is 6.03 Å². The lowest BCUT2D eigenvalue weighted by Crippen LogP contribution is -2.73. The molecule has 0 bridgehead atoms. The molecule has 0 aromatic heterocycles. The van der Waals surface area contributed by atoms with Gasteiger partial charge in [0.25, 0.3) is 5.91 Å². The van der Waals surface area contributed by atoms with E-state index < -0.39 is 22.6 Å². The first-order valence-corrected chi connectivity index (χ1v) is 11.1. The van der Waals surface area contributed by atoms with E-state index >= 15 is 0 Å². The van der Waals surface area contributed by atoms with E-state index in [0.717, 1.165) is 30.1 Å². The number of aliphatic hydroxyl groups is 1. The minimum atomic E-state index is -1.06. The van der Waals surface area contributed by atoms with Gasteiger partial charge in [-0.3, -0.25) is 15.0 Å². The first-order chi connectivity index (χ1) is 14.2. The fraction of sp³-hybridized carbons (Fsp3) is 0.652. The van der Waals surface area contributed by atoms with Crippen molar-refractivity contribution in [3.05, 3.63) is 29.3 Å². The number of hydrogen-bond donors (Lipinski definition) is 4. The number of aromatic hydroxyl groups is 1. The summed E-state index contributed by atoms with van der Waals surface area (Å²) in [5.41, 5.74) is -0.939. The maximum atomic E-state index is 12.8. The maximum Gasteiger partial charge on any atom is 0.322 e. The van der Waals surface area contributed by atoms with Crippen molar-refractivity contribution in [1.29, 1.82) is 0 Å². The highest BCUT2D eigenvalue weighted by Crippen LogP contribution is 2.58. The van der Waals surface area contributed by atoms with E-state index in [9.17, 15) is 19.8 Å². The Hall–Kier alpha value is -2.12. The van der Waals surface area contributed by atoms with Gasteiger partial charge in [0.1, 0.15) is 11.3 Å². The third-order valence-electron chi connectivity index (χ3n) is 8.37. The Bertz CT molecular complexity index is 916. The second-order valence-corrected chi connectivity index (χ2v) is 10.0. The van der Waals surface area contributed by atoms with Crippen molar-refractivity contribution in [3.63, 3.8) is 0 Å². The molecule has 1 spiro atoms. The highest BCUT2D eigenvalue weighted by Gasteiger charge is 2.67. The van der Waals surface area contributed by atoms with Crippen molar-refractivity contribution in [2.24, 2.45) is 5.92 Å². The molecule has 0 unspecified atom stereocenters. The molecule has 162 valence electrons. The molecule has 2 aliphatic heterocycles. The number of carbonyl (C=O) groups excluding carboxylic acids is 2. The van der Waals surface area contributed by atoms with Crippen LogP contribution < -0.4 is 10.6 Å². The predicted octanol–water partition coefficient (Wildman–Crippen LogP) is 1.94. The van der Waals surface area contributed by atoms with Crippen LogP contribution in [-0.4, -0.2) is 57.3 Å². The van der Waals surface area contributed by atoms with Crippen molar-refractivity contribution in [3.8, 4) is 5.75 Å². The normalized spacial score (nSPS) is 39.0. The lowest BCUT2D eigenvalue weighted by atomic mass is 9.49. The molecule has 2 saturated carbocycles. The van der Waals surface area contributed by atoms with Crippen molar-refractivity contribution >= 4 is 11.9 Å². The number of phenols is 1. The van der Waals surface area contributed by atoms with Crippen molar-refractivity contribution in [1.82, 2.24) is 15.5 Å². The summed E-state index contributed by atoms with van der Waals surface area (Å²) in [5, 5.41) is 27.9. The molecule has 4 fully saturated rings. The third kappa shape index (κ3) is 2.71. The molecule has 4 atom stereocenters. The molecule has 4 N–H and O–H groups in total. The summed E-state index contributed by atoms with van der Waals surface area (Å²) in [4.78, 5) is 27.3. The van der Waals surface area contributed by atoms with Gasteiger partial charge in [0.15, 0.2) is 0 Å². The van der Waals surface area contributed by atoms with Crippen molar-refractivity contribution in [2.45, 2.75) is 75.0 Å². The molecular formula is C23H31N3O4. The van der Waals surface area contributed by atoms with Crippen LogP contribution in [0.4, 0.5) is 4.79 Å². The second-order valence-electron chi connectivity index (χ2n) is 10.0. The molecule has 4 aliphatic rings. The quantitative estimate of drug-likeness (QED) is 0.567. The topological polar surface area (TPSA) is 102 Å². The fourth-order valence-electron chi connectivity index (χ4n) is 6.44. The van der Waals surface area contributed by atoms with Crippen LogP contribution in [0.1, 0.15) is 56.6 Å². The summed E-state index contributed by atoms with van der Waals surface area (Å²) in [6.45, 7) is 5.90. The number of benzene rings is 1. The molecule has 1 aromatic rings. The number of phenolic OH excluding ortho intramolecular Hbond substituents is 1. The van der Waals surface area contributed by atoms with E-state index in [1.54, 1.807) is 12.1 Å². The highest BCUT2D eigenvalue weighted by atomic mass is 16.3. The maximum absolute atomic E-state index is 12.8. The Kier molecular flexibility index (Phi) is 4.25. The molecule has 7 heteroatoms. The van der Waals surface area contributed by atoms with E-state index in [-0.39, 0.29) is 17.7 Å². The van der Waals surface area contributed by atoms with Crippen molar-refractivity contribution < 1.29 is 19.8 Å². The van der Waals surface area contributed by atoms with Crippen molar-refractivity contribution in [2.75, 3.05) is 13.1 Å². The van der Waals surface area contributed by atoms with Gasteiger partial charge in [-0.25, -0.2) is 4.79 Å². The summed E-state index contributed by atoms with van der Waals surface area (Å²) < 4.78 is 0. The lowest BCUT2D eigenvalue weighted by molar-refractivity contribution is -0.170. The molecule has 2 saturated heterocycles. The number of nitrogens with zero attached hydrogens (tertiary/aromatic N) is 1. The standard InChI is InChI=1S/C23H31N3O4/c1-14-3-6-17(27)11-18(14)21-9-10-26(12-16-4-5-16)15(2)23(21,30)8-7-22(13-21)19(28)24-20(29)25-22/h3,6,11,15-16,27,30H,4-5,7-10,12-13H2,1-2H3,(H2,24,25,28,29)/t15-,21-,22+,23-/m1/s1. The summed E-state index contributed by atoms with van der Waals surface area (Å²) in [6, 6.07) is 4.73. The van der Waals surface area contributed by atoms with E-state index in [4.69, 9.17) is 0 Å². The average Bonchev–Trinajstić information content (AvgIpc) is 3.47. The van der Waals surface area contributed by atoms with E-state index in [1.165, 1.54) is 12.8 Å². The van der Waals surface area contributed by atoms with E-state index in [2.05, 4.69) is 22.5 Å². The third-order valence-corrected chi connectivity index (χ3v) is 8.37. The smallest absolute Gasteiger partial charge is 0.322 e. The van der Waals surface area contributed by atoms with Crippen LogP contribution >= 0.6 is 0 Å². The predicted molar refractivity (Wildman–Crippen MR) is 111 cm³/mol. The van der Waals surface area contributed by atoms with Gasteiger partial charge < -0.3 is 15.5 Å². The Balaban J connectivity index is 1.62. The van der Waals surface area contributed by atoms with Crippen LogP contribution in [0.25, 0.3) is 0 Å². The average molecular weight is 414 g/mol. The van der Waals surface area contributed by atoms with Crippen LogP contribution in [0.5, 0.6) is 5.75 Å². The number of aryl methyl sites for hydroxylation is 1. The number of carbonyl (C=O) groups is 2. The zero-order valence-corrected chi connectivity index (χ0v) is 17.7. The number of hydrogen-bond acceptors (Lipinski definition) is 5.